The molecule has 1 N–H and O–H groups in total. The largest absolute Gasteiger partial charge is 0.449 e. The Labute approximate surface area is 133 Å². The Kier molecular flexibility index (Phi) is 5.48. The van der Waals surface area contributed by atoms with Gasteiger partial charge in [-0.2, -0.15) is 0 Å². The summed E-state index contributed by atoms with van der Waals surface area (Å²) in [6, 6.07) is 4.71. The average molecular weight is 330 g/mol. The highest BCUT2D eigenvalue weighted by atomic mass is 35.5. The van der Waals surface area contributed by atoms with Gasteiger partial charge in [-0.1, -0.05) is 36.0 Å². The zero-order chi connectivity index (χ0) is 15.4. The Morgan fingerprint density at radius 1 is 1.29 bits per heavy atom. The standard InChI is InChI=1S/C15H17Cl2NO3/c1-9(14(19)18-11-4-2-3-5-11)21-15(20)12-8-10(16)6-7-13(12)17/h6-9,11H,2-5H2,1H3,(H,18,19)/t9-/m1/s1. The molecule has 0 spiro atoms. The molecule has 1 saturated carbocycles. The van der Waals surface area contributed by atoms with E-state index in [9.17, 15) is 9.59 Å². The van der Waals surface area contributed by atoms with Crippen LogP contribution < -0.4 is 5.32 Å². The maximum atomic E-state index is 12.0. The van der Waals surface area contributed by atoms with Crippen molar-refractivity contribution in [2.45, 2.75) is 44.8 Å². The van der Waals surface area contributed by atoms with Gasteiger partial charge in [-0.25, -0.2) is 4.79 Å². The molecule has 0 radical (unpaired) electrons. The average Bonchev–Trinajstić information content (AvgIpc) is 2.94. The van der Waals surface area contributed by atoms with Crippen molar-refractivity contribution < 1.29 is 14.3 Å². The Morgan fingerprint density at radius 2 is 1.95 bits per heavy atom. The lowest BCUT2D eigenvalue weighted by Crippen LogP contribution is -2.40. The summed E-state index contributed by atoms with van der Waals surface area (Å²) in [4.78, 5) is 24.0. The molecule has 114 valence electrons. The van der Waals surface area contributed by atoms with Crippen LogP contribution in [0.5, 0.6) is 0 Å². The Hall–Kier alpha value is -1.26. The van der Waals surface area contributed by atoms with Gasteiger partial charge in [-0.15, -0.1) is 0 Å². The van der Waals surface area contributed by atoms with Crippen LogP contribution in [0, 0.1) is 0 Å². The molecule has 1 aromatic carbocycles. The maximum absolute atomic E-state index is 12.0. The van der Waals surface area contributed by atoms with E-state index >= 15 is 0 Å². The van der Waals surface area contributed by atoms with E-state index in [2.05, 4.69) is 5.32 Å². The molecule has 0 bridgehead atoms. The number of hydrogen-bond donors (Lipinski definition) is 1. The van der Waals surface area contributed by atoms with E-state index in [0.717, 1.165) is 25.7 Å². The fourth-order valence-electron chi connectivity index (χ4n) is 2.32. The van der Waals surface area contributed by atoms with E-state index in [-0.39, 0.29) is 22.5 Å². The van der Waals surface area contributed by atoms with Gasteiger partial charge in [0.05, 0.1) is 10.6 Å². The molecule has 0 saturated heterocycles. The molecule has 0 aliphatic heterocycles. The summed E-state index contributed by atoms with van der Waals surface area (Å²) in [6.07, 6.45) is 3.33. The molecule has 21 heavy (non-hydrogen) atoms. The first-order valence-corrected chi connectivity index (χ1v) is 7.69. The molecule has 2 rings (SSSR count). The monoisotopic (exact) mass is 329 g/mol. The quantitative estimate of drug-likeness (QED) is 0.858. The van der Waals surface area contributed by atoms with E-state index in [0.29, 0.717) is 5.02 Å². The van der Waals surface area contributed by atoms with Gasteiger partial charge < -0.3 is 10.1 Å². The van der Waals surface area contributed by atoms with Crippen molar-refractivity contribution in [3.63, 3.8) is 0 Å². The zero-order valence-electron chi connectivity index (χ0n) is 11.7. The minimum Gasteiger partial charge on any atom is -0.449 e. The molecule has 1 aromatic rings. The third-order valence-electron chi connectivity index (χ3n) is 3.50. The molecule has 1 aliphatic rings. The van der Waals surface area contributed by atoms with Crippen molar-refractivity contribution >= 4 is 35.1 Å². The summed E-state index contributed by atoms with van der Waals surface area (Å²) in [6.45, 7) is 1.54. The van der Waals surface area contributed by atoms with Gasteiger partial charge in [-0.3, -0.25) is 4.79 Å². The second kappa shape index (κ2) is 7.14. The summed E-state index contributed by atoms with van der Waals surface area (Å²) in [5, 5.41) is 3.51. The van der Waals surface area contributed by atoms with Crippen LogP contribution in [0.2, 0.25) is 10.0 Å². The summed E-state index contributed by atoms with van der Waals surface area (Å²) in [5.74, 6) is -0.940. The first kappa shape index (κ1) is 16.1. The minimum absolute atomic E-state index is 0.157. The van der Waals surface area contributed by atoms with Gasteiger partial charge >= 0.3 is 5.97 Å². The first-order valence-electron chi connectivity index (χ1n) is 6.94. The number of rotatable bonds is 4. The molecule has 0 heterocycles. The van der Waals surface area contributed by atoms with Crippen molar-refractivity contribution in [1.29, 1.82) is 0 Å². The van der Waals surface area contributed by atoms with Gasteiger partial charge in [0, 0.05) is 11.1 Å². The number of halogens is 2. The molecule has 1 amide bonds. The summed E-state index contributed by atoms with van der Waals surface area (Å²) < 4.78 is 5.15. The highest BCUT2D eigenvalue weighted by molar-refractivity contribution is 6.35. The predicted molar refractivity (Wildman–Crippen MR) is 81.7 cm³/mol. The zero-order valence-corrected chi connectivity index (χ0v) is 13.2. The summed E-state index contributed by atoms with van der Waals surface area (Å²) in [7, 11) is 0. The van der Waals surface area contributed by atoms with Gasteiger partial charge in [0.1, 0.15) is 0 Å². The topological polar surface area (TPSA) is 55.4 Å². The van der Waals surface area contributed by atoms with Crippen LogP contribution in [0.1, 0.15) is 43.0 Å². The fraction of sp³-hybridized carbons (Fsp3) is 0.467. The fourth-order valence-corrected chi connectivity index (χ4v) is 2.69. The highest BCUT2D eigenvalue weighted by Gasteiger charge is 2.24. The van der Waals surface area contributed by atoms with Crippen LogP contribution in [-0.2, 0) is 9.53 Å². The molecule has 0 aromatic heterocycles. The summed E-state index contributed by atoms with van der Waals surface area (Å²) in [5.41, 5.74) is 0.157. The third-order valence-corrected chi connectivity index (χ3v) is 4.07. The van der Waals surface area contributed by atoms with Crippen LogP contribution in [0.3, 0.4) is 0 Å². The van der Waals surface area contributed by atoms with Gasteiger partial charge in [0.2, 0.25) is 0 Å². The van der Waals surface area contributed by atoms with Crippen molar-refractivity contribution in [1.82, 2.24) is 5.32 Å². The van der Waals surface area contributed by atoms with Crippen LogP contribution in [0.25, 0.3) is 0 Å². The van der Waals surface area contributed by atoms with Crippen LogP contribution in [-0.4, -0.2) is 24.0 Å². The SMILES string of the molecule is C[C@@H](OC(=O)c1cc(Cl)ccc1Cl)C(=O)NC1CCCC1. The third kappa shape index (κ3) is 4.35. The van der Waals surface area contributed by atoms with E-state index in [1.165, 1.54) is 12.1 Å². The second-order valence-corrected chi connectivity index (χ2v) is 6.01. The number of carbonyl (C=O) groups excluding carboxylic acids is 2. The number of hydrogen-bond acceptors (Lipinski definition) is 3. The lowest BCUT2D eigenvalue weighted by atomic mass is 10.2. The molecular formula is C15H17Cl2NO3. The molecule has 6 heteroatoms. The number of carbonyl (C=O) groups is 2. The second-order valence-electron chi connectivity index (χ2n) is 5.16. The lowest BCUT2D eigenvalue weighted by Gasteiger charge is -2.17. The first-order chi connectivity index (χ1) is 9.97. The Morgan fingerprint density at radius 3 is 2.62 bits per heavy atom. The molecule has 1 aliphatic carbocycles. The number of ether oxygens (including phenoxy) is 1. The highest BCUT2D eigenvalue weighted by Crippen LogP contribution is 2.22. The van der Waals surface area contributed by atoms with Crippen LogP contribution in [0.15, 0.2) is 18.2 Å². The Balaban J connectivity index is 1.94. The lowest BCUT2D eigenvalue weighted by molar-refractivity contribution is -0.129. The summed E-state index contributed by atoms with van der Waals surface area (Å²) >= 11 is 11.8. The van der Waals surface area contributed by atoms with Crippen molar-refractivity contribution in [3.05, 3.63) is 33.8 Å². The molecule has 1 atom stereocenters. The number of esters is 1. The van der Waals surface area contributed by atoms with Crippen LogP contribution in [0.4, 0.5) is 0 Å². The van der Waals surface area contributed by atoms with Crippen LogP contribution >= 0.6 is 23.2 Å². The van der Waals surface area contributed by atoms with Crippen molar-refractivity contribution in [2.75, 3.05) is 0 Å². The van der Waals surface area contributed by atoms with Gasteiger partial charge in [-0.05, 0) is 38.0 Å². The molecule has 1 fully saturated rings. The predicted octanol–water partition coefficient (Wildman–Crippen LogP) is 3.60. The van der Waals surface area contributed by atoms with Crippen molar-refractivity contribution in [3.8, 4) is 0 Å². The van der Waals surface area contributed by atoms with Gasteiger partial charge in [0.15, 0.2) is 6.10 Å². The van der Waals surface area contributed by atoms with E-state index in [4.69, 9.17) is 27.9 Å². The van der Waals surface area contributed by atoms with E-state index in [1.807, 2.05) is 0 Å². The minimum atomic E-state index is -0.867. The molecular weight excluding hydrogens is 313 g/mol. The Bertz CT molecular complexity index is 542. The number of nitrogens with one attached hydrogen (secondary N) is 1. The smallest absolute Gasteiger partial charge is 0.340 e. The molecule has 4 nitrogen and oxygen atoms in total. The van der Waals surface area contributed by atoms with Gasteiger partial charge in [0.25, 0.3) is 5.91 Å². The number of amides is 1. The van der Waals surface area contributed by atoms with E-state index in [1.54, 1.807) is 13.0 Å². The number of benzene rings is 1. The van der Waals surface area contributed by atoms with Crippen molar-refractivity contribution in [2.24, 2.45) is 0 Å². The molecule has 0 unspecified atom stereocenters. The normalized spacial score (nSPS) is 16.5. The van der Waals surface area contributed by atoms with E-state index < -0.39 is 12.1 Å². The maximum Gasteiger partial charge on any atom is 0.340 e.